The molecule has 0 aliphatic rings. The van der Waals surface area contributed by atoms with Gasteiger partial charge in [-0.25, -0.2) is 4.79 Å². The third kappa shape index (κ3) is 3.24. The van der Waals surface area contributed by atoms with Crippen LogP contribution in [0.3, 0.4) is 0 Å². The van der Waals surface area contributed by atoms with Crippen LogP contribution in [-0.4, -0.2) is 13.1 Å². The molecule has 110 valence electrons. The van der Waals surface area contributed by atoms with Gasteiger partial charge < -0.3 is 9.47 Å². The lowest BCUT2D eigenvalue weighted by Gasteiger charge is -2.13. The van der Waals surface area contributed by atoms with Crippen LogP contribution in [0.15, 0.2) is 42.5 Å². The number of rotatable bonds is 5. The Hall–Kier alpha value is -2.29. The van der Waals surface area contributed by atoms with E-state index in [0.717, 1.165) is 18.4 Å². The van der Waals surface area contributed by atoms with E-state index in [1.807, 2.05) is 31.2 Å². The molecule has 0 radical (unpaired) electrons. The summed E-state index contributed by atoms with van der Waals surface area (Å²) in [6.07, 6.45) is 1.71. The highest BCUT2D eigenvalue weighted by molar-refractivity contribution is 5.93. The van der Waals surface area contributed by atoms with E-state index in [1.54, 1.807) is 19.2 Å². The van der Waals surface area contributed by atoms with Gasteiger partial charge in [0.1, 0.15) is 0 Å². The third-order valence-corrected chi connectivity index (χ3v) is 3.50. The summed E-state index contributed by atoms with van der Waals surface area (Å²) in [6, 6.07) is 12.9. The molecule has 0 N–H and O–H groups in total. The minimum atomic E-state index is -0.341. The molecule has 0 bridgehead atoms. The zero-order chi connectivity index (χ0) is 15.2. The van der Waals surface area contributed by atoms with E-state index in [9.17, 15) is 4.79 Å². The van der Waals surface area contributed by atoms with Crippen LogP contribution in [-0.2, 0) is 12.8 Å². The minimum Gasteiger partial charge on any atom is -0.493 e. The summed E-state index contributed by atoms with van der Waals surface area (Å²) >= 11 is 0. The summed E-state index contributed by atoms with van der Waals surface area (Å²) in [5.41, 5.74) is 2.87. The summed E-state index contributed by atoms with van der Waals surface area (Å²) in [6.45, 7) is 4.14. The maximum absolute atomic E-state index is 12.5. The molecular weight excluding hydrogens is 264 g/mol. The molecule has 0 atom stereocenters. The Morgan fingerprint density at radius 2 is 1.67 bits per heavy atom. The second-order valence-electron chi connectivity index (χ2n) is 4.69. The average Bonchev–Trinajstić information content (AvgIpc) is 2.54. The summed E-state index contributed by atoms with van der Waals surface area (Å²) in [5, 5.41) is 0. The second-order valence-corrected chi connectivity index (χ2v) is 4.69. The van der Waals surface area contributed by atoms with Gasteiger partial charge in [-0.1, -0.05) is 38.1 Å². The first kappa shape index (κ1) is 15.1. The quantitative estimate of drug-likeness (QED) is 0.614. The SMILES string of the molecule is CCc1cccc(C(=O)Oc2ccccc2OC)c1CC. The van der Waals surface area contributed by atoms with Crippen LogP contribution in [0.4, 0.5) is 0 Å². The predicted octanol–water partition coefficient (Wildman–Crippen LogP) is 4.04. The van der Waals surface area contributed by atoms with E-state index in [0.29, 0.717) is 17.1 Å². The molecule has 0 amide bonds. The normalized spacial score (nSPS) is 10.2. The number of esters is 1. The molecule has 2 aromatic carbocycles. The van der Waals surface area contributed by atoms with Crippen LogP contribution in [0.2, 0.25) is 0 Å². The van der Waals surface area contributed by atoms with Gasteiger partial charge >= 0.3 is 5.97 Å². The first-order chi connectivity index (χ1) is 10.2. The number of aryl methyl sites for hydroxylation is 1. The average molecular weight is 284 g/mol. The van der Waals surface area contributed by atoms with E-state index < -0.39 is 0 Å². The summed E-state index contributed by atoms with van der Waals surface area (Å²) < 4.78 is 10.7. The lowest BCUT2D eigenvalue weighted by Crippen LogP contribution is -2.13. The molecule has 3 heteroatoms. The van der Waals surface area contributed by atoms with Crippen molar-refractivity contribution in [1.29, 1.82) is 0 Å². The zero-order valence-electron chi connectivity index (χ0n) is 12.7. The van der Waals surface area contributed by atoms with Crippen LogP contribution in [0, 0.1) is 0 Å². The van der Waals surface area contributed by atoms with Crippen molar-refractivity contribution in [2.45, 2.75) is 26.7 Å². The number of hydrogen-bond donors (Lipinski definition) is 0. The Morgan fingerprint density at radius 3 is 2.29 bits per heavy atom. The number of para-hydroxylation sites is 2. The van der Waals surface area contributed by atoms with Crippen LogP contribution < -0.4 is 9.47 Å². The van der Waals surface area contributed by atoms with Crippen LogP contribution in [0.1, 0.15) is 35.3 Å². The van der Waals surface area contributed by atoms with Gasteiger partial charge in [0, 0.05) is 0 Å². The van der Waals surface area contributed by atoms with Crippen molar-refractivity contribution >= 4 is 5.97 Å². The van der Waals surface area contributed by atoms with Crippen molar-refractivity contribution in [3.63, 3.8) is 0 Å². The Kier molecular flexibility index (Phi) is 4.99. The highest BCUT2D eigenvalue weighted by Gasteiger charge is 2.16. The fourth-order valence-corrected chi connectivity index (χ4v) is 2.43. The molecule has 0 unspecified atom stereocenters. The standard InChI is InChI=1S/C18H20O3/c1-4-13-9-8-10-15(14(13)5-2)18(19)21-17-12-7-6-11-16(17)20-3/h6-12H,4-5H2,1-3H3. The van der Waals surface area contributed by atoms with Crippen molar-refractivity contribution in [2.24, 2.45) is 0 Å². The Morgan fingerprint density at radius 1 is 0.952 bits per heavy atom. The number of methoxy groups -OCH3 is 1. The predicted molar refractivity (Wildman–Crippen MR) is 83.2 cm³/mol. The Bertz CT molecular complexity index is 632. The molecule has 2 rings (SSSR count). The maximum Gasteiger partial charge on any atom is 0.343 e. The van der Waals surface area contributed by atoms with Gasteiger partial charge in [-0.2, -0.15) is 0 Å². The number of carbonyl (C=O) groups excluding carboxylic acids is 1. The van der Waals surface area contributed by atoms with Gasteiger partial charge in [0.25, 0.3) is 0 Å². The summed E-state index contributed by atoms with van der Waals surface area (Å²) in [7, 11) is 1.56. The largest absolute Gasteiger partial charge is 0.493 e. The zero-order valence-corrected chi connectivity index (χ0v) is 12.7. The summed E-state index contributed by atoms with van der Waals surface area (Å²) in [5.74, 6) is 0.649. The lowest BCUT2D eigenvalue weighted by atomic mass is 9.97. The van der Waals surface area contributed by atoms with Crippen molar-refractivity contribution in [1.82, 2.24) is 0 Å². The van der Waals surface area contributed by atoms with Crippen molar-refractivity contribution in [2.75, 3.05) is 7.11 Å². The molecule has 0 aromatic heterocycles. The molecule has 0 spiro atoms. The lowest BCUT2D eigenvalue weighted by molar-refractivity contribution is 0.0728. The van der Waals surface area contributed by atoms with Gasteiger partial charge in [-0.05, 0) is 42.2 Å². The topological polar surface area (TPSA) is 35.5 Å². The fourth-order valence-electron chi connectivity index (χ4n) is 2.43. The molecule has 0 saturated heterocycles. The Labute approximate surface area is 125 Å². The monoisotopic (exact) mass is 284 g/mol. The van der Waals surface area contributed by atoms with Crippen LogP contribution in [0.5, 0.6) is 11.5 Å². The molecule has 0 aliphatic heterocycles. The second kappa shape index (κ2) is 6.93. The number of benzene rings is 2. The van der Waals surface area contributed by atoms with Crippen molar-refractivity contribution in [3.05, 3.63) is 59.2 Å². The van der Waals surface area contributed by atoms with Gasteiger partial charge in [0.2, 0.25) is 0 Å². The van der Waals surface area contributed by atoms with E-state index in [2.05, 4.69) is 13.0 Å². The summed E-state index contributed by atoms with van der Waals surface area (Å²) in [4.78, 5) is 12.5. The van der Waals surface area contributed by atoms with Gasteiger partial charge in [-0.3, -0.25) is 0 Å². The van der Waals surface area contributed by atoms with E-state index in [-0.39, 0.29) is 5.97 Å². The van der Waals surface area contributed by atoms with Crippen LogP contribution >= 0.6 is 0 Å². The molecular formula is C18H20O3. The van der Waals surface area contributed by atoms with Crippen LogP contribution in [0.25, 0.3) is 0 Å². The number of carbonyl (C=O) groups is 1. The number of ether oxygens (including phenoxy) is 2. The third-order valence-electron chi connectivity index (χ3n) is 3.50. The molecule has 0 heterocycles. The molecule has 0 aliphatic carbocycles. The molecule has 3 nitrogen and oxygen atoms in total. The van der Waals surface area contributed by atoms with Crippen molar-refractivity contribution in [3.8, 4) is 11.5 Å². The fraction of sp³-hybridized carbons (Fsp3) is 0.278. The molecule has 0 saturated carbocycles. The molecule has 21 heavy (non-hydrogen) atoms. The molecule has 0 fully saturated rings. The first-order valence-electron chi connectivity index (χ1n) is 7.17. The van der Waals surface area contributed by atoms with Crippen molar-refractivity contribution < 1.29 is 14.3 Å². The van der Waals surface area contributed by atoms with E-state index >= 15 is 0 Å². The maximum atomic E-state index is 12.5. The Balaban J connectivity index is 2.33. The minimum absolute atomic E-state index is 0.341. The van der Waals surface area contributed by atoms with E-state index in [4.69, 9.17) is 9.47 Å². The first-order valence-corrected chi connectivity index (χ1v) is 7.17. The smallest absolute Gasteiger partial charge is 0.343 e. The van der Waals surface area contributed by atoms with Gasteiger partial charge in [-0.15, -0.1) is 0 Å². The van der Waals surface area contributed by atoms with E-state index in [1.165, 1.54) is 5.56 Å². The highest BCUT2D eigenvalue weighted by atomic mass is 16.6. The highest BCUT2D eigenvalue weighted by Crippen LogP contribution is 2.27. The van der Waals surface area contributed by atoms with Gasteiger partial charge in [0.15, 0.2) is 11.5 Å². The van der Waals surface area contributed by atoms with Gasteiger partial charge in [0.05, 0.1) is 12.7 Å². The molecule has 2 aromatic rings. The number of hydrogen-bond acceptors (Lipinski definition) is 3.